The van der Waals surface area contributed by atoms with Crippen LogP contribution >= 0.6 is 0 Å². The number of likely N-dealkylation sites (tertiary alicyclic amines) is 1. The number of carbonyl (C=O) groups is 1. The fourth-order valence-electron chi connectivity index (χ4n) is 2.34. The van der Waals surface area contributed by atoms with E-state index >= 15 is 0 Å². The molecule has 1 saturated heterocycles. The Balaban J connectivity index is 1.90. The zero-order valence-electron chi connectivity index (χ0n) is 11.5. The third kappa shape index (κ3) is 3.76. The molecule has 2 heterocycles. The molecule has 1 atom stereocenters. The van der Waals surface area contributed by atoms with Gasteiger partial charge in [0.2, 0.25) is 5.89 Å². The van der Waals surface area contributed by atoms with Crippen LogP contribution in [0.3, 0.4) is 0 Å². The molecule has 1 aliphatic rings. The maximum absolute atomic E-state index is 11.1. The number of aromatic nitrogens is 2. The molecule has 2 rings (SSSR count). The molecular formula is C13H21N3O3. The Morgan fingerprint density at radius 3 is 3.05 bits per heavy atom. The van der Waals surface area contributed by atoms with Crippen LogP contribution in [0.15, 0.2) is 4.52 Å². The van der Waals surface area contributed by atoms with Gasteiger partial charge in [-0.2, -0.15) is 4.98 Å². The van der Waals surface area contributed by atoms with E-state index in [0.717, 1.165) is 31.6 Å². The Kier molecular flexibility index (Phi) is 4.52. The third-order valence-corrected chi connectivity index (χ3v) is 3.44. The van der Waals surface area contributed by atoms with Gasteiger partial charge in [0.05, 0.1) is 6.54 Å². The van der Waals surface area contributed by atoms with Gasteiger partial charge in [0.15, 0.2) is 5.82 Å². The first-order valence-corrected chi connectivity index (χ1v) is 6.84. The maximum atomic E-state index is 11.1. The first-order chi connectivity index (χ1) is 9.06. The van der Waals surface area contributed by atoms with E-state index in [1.807, 2.05) is 4.90 Å². The summed E-state index contributed by atoms with van der Waals surface area (Å²) in [5.41, 5.74) is 0. The van der Waals surface area contributed by atoms with E-state index in [2.05, 4.69) is 24.0 Å². The van der Waals surface area contributed by atoms with Crippen molar-refractivity contribution in [3.8, 4) is 0 Å². The predicted octanol–water partition coefficient (Wildman–Crippen LogP) is 1.71. The molecule has 0 radical (unpaired) electrons. The molecule has 0 aliphatic carbocycles. The van der Waals surface area contributed by atoms with Crippen LogP contribution in [0, 0.1) is 5.92 Å². The summed E-state index contributed by atoms with van der Waals surface area (Å²) in [5.74, 6) is 1.08. The SMILES string of the molecule is CC(C)CCc1noc(CN2CCC[C@@H]2C(=O)O)n1. The van der Waals surface area contributed by atoms with Crippen LogP contribution in [0.1, 0.15) is 44.8 Å². The van der Waals surface area contributed by atoms with Crippen molar-refractivity contribution in [2.75, 3.05) is 6.54 Å². The van der Waals surface area contributed by atoms with Gasteiger partial charge >= 0.3 is 5.97 Å². The molecule has 0 amide bonds. The average molecular weight is 267 g/mol. The lowest BCUT2D eigenvalue weighted by atomic mass is 10.1. The minimum atomic E-state index is -0.767. The van der Waals surface area contributed by atoms with Crippen molar-refractivity contribution in [1.82, 2.24) is 15.0 Å². The van der Waals surface area contributed by atoms with E-state index in [0.29, 0.717) is 24.8 Å². The van der Waals surface area contributed by atoms with E-state index in [-0.39, 0.29) is 0 Å². The van der Waals surface area contributed by atoms with Crippen molar-refractivity contribution in [3.63, 3.8) is 0 Å². The van der Waals surface area contributed by atoms with E-state index in [9.17, 15) is 4.79 Å². The van der Waals surface area contributed by atoms with Crippen molar-refractivity contribution in [2.45, 2.75) is 52.1 Å². The molecule has 1 aliphatic heterocycles. The van der Waals surface area contributed by atoms with Gasteiger partial charge in [-0.1, -0.05) is 19.0 Å². The van der Waals surface area contributed by atoms with Crippen LogP contribution < -0.4 is 0 Å². The Bertz CT molecular complexity index is 431. The van der Waals surface area contributed by atoms with E-state index < -0.39 is 12.0 Å². The summed E-state index contributed by atoms with van der Waals surface area (Å²) in [5, 5.41) is 13.0. The molecule has 0 bridgehead atoms. The lowest BCUT2D eigenvalue weighted by Gasteiger charge is -2.18. The second-order valence-electron chi connectivity index (χ2n) is 5.50. The highest BCUT2D eigenvalue weighted by Gasteiger charge is 2.31. The van der Waals surface area contributed by atoms with Gasteiger partial charge in [0, 0.05) is 6.42 Å². The monoisotopic (exact) mass is 267 g/mol. The Labute approximate surface area is 112 Å². The fraction of sp³-hybridized carbons (Fsp3) is 0.769. The summed E-state index contributed by atoms with van der Waals surface area (Å²) in [4.78, 5) is 17.3. The topological polar surface area (TPSA) is 79.5 Å². The quantitative estimate of drug-likeness (QED) is 0.845. The third-order valence-electron chi connectivity index (χ3n) is 3.44. The van der Waals surface area contributed by atoms with Crippen LogP contribution in [-0.2, 0) is 17.8 Å². The molecule has 1 fully saturated rings. The summed E-state index contributed by atoms with van der Waals surface area (Å²) in [7, 11) is 0. The molecule has 6 nitrogen and oxygen atoms in total. The standard InChI is InChI=1S/C13H21N3O3/c1-9(2)5-6-11-14-12(19-15-11)8-16-7-3-4-10(16)13(17)18/h9-10H,3-8H2,1-2H3,(H,17,18)/t10-/m1/s1. The van der Waals surface area contributed by atoms with E-state index in [1.165, 1.54) is 0 Å². The van der Waals surface area contributed by atoms with Gasteiger partial charge in [-0.25, -0.2) is 0 Å². The molecule has 0 unspecified atom stereocenters. The summed E-state index contributed by atoms with van der Waals surface area (Å²) >= 11 is 0. The zero-order valence-corrected chi connectivity index (χ0v) is 11.5. The minimum absolute atomic E-state index is 0.411. The molecule has 0 spiro atoms. The van der Waals surface area contributed by atoms with Crippen LogP contribution in [-0.4, -0.2) is 38.7 Å². The lowest BCUT2D eigenvalue weighted by molar-refractivity contribution is -0.142. The van der Waals surface area contributed by atoms with Crippen molar-refractivity contribution in [1.29, 1.82) is 0 Å². The Morgan fingerprint density at radius 1 is 1.58 bits per heavy atom. The first-order valence-electron chi connectivity index (χ1n) is 6.84. The molecule has 6 heteroatoms. The summed E-state index contributed by atoms with van der Waals surface area (Å²) in [6.45, 7) is 5.53. The highest BCUT2D eigenvalue weighted by Crippen LogP contribution is 2.19. The van der Waals surface area contributed by atoms with Gasteiger partial charge in [-0.3, -0.25) is 9.69 Å². The number of carboxylic acids is 1. The number of carboxylic acid groups (broad SMARTS) is 1. The number of nitrogens with zero attached hydrogens (tertiary/aromatic N) is 3. The average Bonchev–Trinajstić information content (AvgIpc) is 2.96. The number of aryl methyl sites for hydroxylation is 1. The number of hydrogen-bond donors (Lipinski definition) is 1. The number of hydrogen-bond acceptors (Lipinski definition) is 5. The Hall–Kier alpha value is -1.43. The molecule has 1 aromatic rings. The largest absolute Gasteiger partial charge is 0.480 e. The van der Waals surface area contributed by atoms with Crippen molar-refractivity contribution >= 4 is 5.97 Å². The summed E-state index contributed by atoms with van der Waals surface area (Å²) in [6, 6.07) is -0.411. The zero-order chi connectivity index (χ0) is 13.8. The normalized spacial score (nSPS) is 20.3. The highest BCUT2D eigenvalue weighted by atomic mass is 16.5. The fourth-order valence-corrected chi connectivity index (χ4v) is 2.34. The molecule has 0 saturated carbocycles. The van der Waals surface area contributed by atoms with E-state index in [4.69, 9.17) is 9.63 Å². The molecule has 1 aromatic heterocycles. The van der Waals surface area contributed by atoms with Gasteiger partial charge < -0.3 is 9.63 Å². The van der Waals surface area contributed by atoms with Gasteiger partial charge in [-0.15, -0.1) is 0 Å². The lowest BCUT2D eigenvalue weighted by Crippen LogP contribution is -2.35. The molecular weight excluding hydrogens is 246 g/mol. The van der Waals surface area contributed by atoms with Gasteiger partial charge in [0.1, 0.15) is 6.04 Å². The van der Waals surface area contributed by atoms with Crippen LogP contribution in [0.25, 0.3) is 0 Å². The number of aliphatic carboxylic acids is 1. The van der Waals surface area contributed by atoms with E-state index in [1.54, 1.807) is 0 Å². The van der Waals surface area contributed by atoms with Crippen LogP contribution in [0.5, 0.6) is 0 Å². The Morgan fingerprint density at radius 2 is 2.37 bits per heavy atom. The second kappa shape index (κ2) is 6.14. The van der Waals surface area contributed by atoms with Crippen LogP contribution in [0.2, 0.25) is 0 Å². The maximum Gasteiger partial charge on any atom is 0.320 e. The van der Waals surface area contributed by atoms with Crippen molar-refractivity contribution < 1.29 is 14.4 Å². The summed E-state index contributed by atoms with van der Waals surface area (Å²) in [6.07, 6.45) is 3.44. The van der Waals surface area contributed by atoms with Crippen molar-refractivity contribution in [3.05, 3.63) is 11.7 Å². The first kappa shape index (κ1) is 14.0. The molecule has 1 N–H and O–H groups in total. The summed E-state index contributed by atoms with van der Waals surface area (Å²) < 4.78 is 5.19. The minimum Gasteiger partial charge on any atom is -0.480 e. The second-order valence-corrected chi connectivity index (χ2v) is 5.50. The van der Waals surface area contributed by atoms with Gasteiger partial charge in [0.25, 0.3) is 0 Å². The molecule has 0 aromatic carbocycles. The van der Waals surface area contributed by atoms with Crippen molar-refractivity contribution in [2.24, 2.45) is 5.92 Å². The highest BCUT2D eigenvalue weighted by molar-refractivity contribution is 5.73. The number of rotatable bonds is 6. The smallest absolute Gasteiger partial charge is 0.320 e. The molecule has 19 heavy (non-hydrogen) atoms. The van der Waals surface area contributed by atoms with Crippen LogP contribution in [0.4, 0.5) is 0 Å². The predicted molar refractivity (Wildman–Crippen MR) is 68.5 cm³/mol. The molecule has 106 valence electrons. The van der Waals surface area contributed by atoms with Gasteiger partial charge in [-0.05, 0) is 31.7 Å².